The molecule has 0 aliphatic rings. The second kappa shape index (κ2) is 16.7. The largest absolute Gasteiger partial charge is 0.456 e. The molecule has 0 saturated carbocycles. The summed E-state index contributed by atoms with van der Waals surface area (Å²) in [5, 5.41) is 6.86. The van der Waals surface area contributed by atoms with Gasteiger partial charge in [0.1, 0.15) is 11.2 Å². The van der Waals surface area contributed by atoms with Crippen LogP contribution in [0.5, 0.6) is 0 Å². The number of fused-ring (bicyclic) bond motifs is 6. The highest BCUT2D eigenvalue weighted by molar-refractivity contribution is 6.18. The van der Waals surface area contributed by atoms with Crippen LogP contribution in [0.1, 0.15) is 0 Å². The first kappa shape index (κ1) is 38.8. The Balaban J connectivity index is 1.14. The predicted molar refractivity (Wildman–Crippen MR) is 278 cm³/mol. The van der Waals surface area contributed by atoms with Crippen molar-refractivity contribution in [2.24, 2.45) is 0 Å². The quantitative estimate of drug-likeness (QED) is 0.128. The van der Waals surface area contributed by atoms with Crippen LogP contribution in [0.2, 0.25) is 0 Å². The Morgan fingerprint density at radius 1 is 0.227 bits per heavy atom. The van der Waals surface area contributed by atoms with Crippen molar-refractivity contribution in [1.82, 2.24) is 0 Å². The molecule has 1 aromatic heterocycles. The Morgan fingerprint density at radius 3 is 1.32 bits per heavy atom. The van der Waals surface area contributed by atoms with Gasteiger partial charge in [0.05, 0.1) is 5.69 Å². The van der Waals surface area contributed by atoms with Crippen LogP contribution < -0.4 is 14.7 Å². The first-order chi connectivity index (χ1) is 32.7. The molecule has 11 aromatic carbocycles. The first-order valence-corrected chi connectivity index (χ1v) is 22.4. The lowest BCUT2D eigenvalue weighted by atomic mass is 9.97. The molecule has 66 heavy (non-hydrogen) atoms. The van der Waals surface area contributed by atoms with Gasteiger partial charge < -0.3 is 19.1 Å². The molecule has 0 bridgehead atoms. The number of hydrogen-bond donors (Lipinski definition) is 0. The van der Waals surface area contributed by atoms with Gasteiger partial charge in [0.25, 0.3) is 0 Å². The van der Waals surface area contributed by atoms with Gasteiger partial charge in [-0.2, -0.15) is 0 Å². The van der Waals surface area contributed by atoms with E-state index in [-0.39, 0.29) is 0 Å². The van der Waals surface area contributed by atoms with E-state index in [1.54, 1.807) is 0 Å². The van der Waals surface area contributed by atoms with E-state index in [2.05, 4.69) is 263 Å². The Bertz CT molecular complexity index is 3570. The smallest absolute Gasteiger partial charge is 0.136 e. The molecule has 312 valence electrons. The molecule has 12 rings (SSSR count). The van der Waals surface area contributed by atoms with Crippen molar-refractivity contribution in [3.05, 3.63) is 261 Å². The van der Waals surface area contributed by atoms with Gasteiger partial charge in [-0.25, -0.2) is 0 Å². The van der Waals surface area contributed by atoms with E-state index < -0.39 is 0 Å². The van der Waals surface area contributed by atoms with Crippen LogP contribution in [-0.2, 0) is 0 Å². The first-order valence-electron chi connectivity index (χ1n) is 22.4. The van der Waals surface area contributed by atoms with Gasteiger partial charge in [0, 0.05) is 61.7 Å². The Morgan fingerprint density at radius 2 is 0.697 bits per heavy atom. The molecule has 0 saturated heterocycles. The lowest BCUT2D eigenvalue weighted by Crippen LogP contribution is -2.15. The maximum Gasteiger partial charge on any atom is 0.136 e. The predicted octanol–water partition coefficient (Wildman–Crippen LogP) is 18.0. The minimum atomic E-state index is 0.894. The van der Waals surface area contributed by atoms with E-state index in [9.17, 15) is 0 Å². The highest BCUT2D eigenvalue weighted by Crippen LogP contribution is 2.47. The van der Waals surface area contributed by atoms with E-state index in [1.807, 2.05) is 12.1 Å². The minimum Gasteiger partial charge on any atom is -0.456 e. The maximum atomic E-state index is 6.37. The van der Waals surface area contributed by atoms with Gasteiger partial charge in [-0.15, -0.1) is 0 Å². The molecule has 12 aromatic rings. The number of nitrogens with zero attached hydrogens (tertiary/aromatic N) is 3. The van der Waals surface area contributed by atoms with Crippen molar-refractivity contribution in [3.63, 3.8) is 0 Å². The van der Waals surface area contributed by atoms with Crippen LogP contribution in [0.3, 0.4) is 0 Å². The lowest BCUT2D eigenvalue weighted by Gasteiger charge is -2.32. The summed E-state index contributed by atoms with van der Waals surface area (Å²) in [6.45, 7) is 0. The van der Waals surface area contributed by atoms with Crippen LogP contribution in [0, 0.1) is 0 Å². The van der Waals surface area contributed by atoms with Gasteiger partial charge in [-0.05, 0) is 136 Å². The van der Waals surface area contributed by atoms with Gasteiger partial charge in [-0.1, -0.05) is 152 Å². The van der Waals surface area contributed by atoms with Gasteiger partial charge in [0.15, 0.2) is 0 Å². The van der Waals surface area contributed by atoms with Crippen LogP contribution in [0.25, 0.3) is 54.6 Å². The van der Waals surface area contributed by atoms with Gasteiger partial charge >= 0.3 is 0 Å². The number of hydrogen-bond acceptors (Lipinski definition) is 4. The Labute approximate surface area is 384 Å². The fraction of sp³-hybridized carbons (Fsp3) is 0. The van der Waals surface area contributed by atoms with E-state index in [0.717, 1.165) is 95.0 Å². The monoisotopic (exact) mass is 845 g/mol. The summed E-state index contributed by atoms with van der Waals surface area (Å²) in [5.41, 5.74) is 13.5. The third kappa shape index (κ3) is 7.08. The molecule has 0 amide bonds. The van der Waals surface area contributed by atoms with Crippen molar-refractivity contribution < 1.29 is 4.42 Å². The van der Waals surface area contributed by atoms with Crippen LogP contribution in [0.15, 0.2) is 265 Å². The fourth-order valence-electron chi connectivity index (χ4n) is 9.54. The number of anilines is 9. The summed E-state index contributed by atoms with van der Waals surface area (Å²) in [5.74, 6) is 0. The molecular weight excluding hydrogens is 803 g/mol. The zero-order valence-electron chi connectivity index (χ0n) is 36.1. The summed E-state index contributed by atoms with van der Waals surface area (Å²) in [4.78, 5) is 7.13. The summed E-state index contributed by atoms with van der Waals surface area (Å²) >= 11 is 0. The number of rotatable bonds is 10. The molecule has 0 aliphatic heterocycles. The van der Waals surface area contributed by atoms with E-state index >= 15 is 0 Å². The summed E-state index contributed by atoms with van der Waals surface area (Å²) in [6, 6.07) is 93.3. The molecule has 0 spiro atoms. The number of benzene rings is 11. The summed E-state index contributed by atoms with van der Waals surface area (Å²) in [7, 11) is 0. The zero-order chi connectivity index (χ0) is 43.8. The topological polar surface area (TPSA) is 22.9 Å². The molecule has 0 unspecified atom stereocenters. The number of furan rings is 1. The molecule has 0 N–H and O–H groups in total. The van der Waals surface area contributed by atoms with E-state index in [1.165, 1.54) is 10.8 Å². The third-order valence-electron chi connectivity index (χ3n) is 12.5. The zero-order valence-corrected chi connectivity index (χ0v) is 36.1. The normalized spacial score (nSPS) is 11.3. The molecule has 4 nitrogen and oxygen atoms in total. The molecule has 0 radical (unpaired) electrons. The van der Waals surface area contributed by atoms with Crippen molar-refractivity contribution in [1.29, 1.82) is 0 Å². The fourth-order valence-corrected chi connectivity index (χ4v) is 9.54. The van der Waals surface area contributed by atoms with Crippen LogP contribution >= 0.6 is 0 Å². The second-order valence-corrected chi connectivity index (χ2v) is 16.6. The maximum absolute atomic E-state index is 6.37. The minimum absolute atomic E-state index is 0.894. The molecule has 0 atom stereocenters. The van der Waals surface area contributed by atoms with Gasteiger partial charge in [0.2, 0.25) is 0 Å². The molecule has 0 aliphatic carbocycles. The average molecular weight is 846 g/mol. The average Bonchev–Trinajstić information content (AvgIpc) is 3.75. The van der Waals surface area contributed by atoms with E-state index in [4.69, 9.17) is 4.42 Å². The van der Waals surface area contributed by atoms with Crippen LogP contribution in [0.4, 0.5) is 51.2 Å². The van der Waals surface area contributed by atoms with Crippen molar-refractivity contribution in [2.75, 3.05) is 14.7 Å². The lowest BCUT2D eigenvalue weighted by molar-refractivity contribution is 0.669. The standard InChI is InChI=1S/C62H43N3O/c1-6-20-44(21-7-1)46-38-53(64(49-26-12-4-13-27-49)50-28-14-5-15-29-50)42-54(39-46)65(52-31-18-30-51(41-52)63(47-22-8-2-9-23-47)48-24-10-3-11-25-48)60-34-19-33-55-56(60)37-36-45-40-62-59(43-58(45)55)57-32-16-17-35-61(57)66-62/h1-43H. The molecule has 1 heterocycles. The van der Waals surface area contributed by atoms with Crippen molar-refractivity contribution in [3.8, 4) is 11.1 Å². The van der Waals surface area contributed by atoms with Gasteiger partial charge in [-0.3, -0.25) is 0 Å². The Hall–Kier alpha value is -8.86. The highest BCUT2D eigenvalue weighted by Gasteiger charge is 2.23. The van der Waals surface area contributed by atoms with Crippen molar-refractivity contribution >= 4 is 94.7 Å². The molecular formula is C62H43N3O. The number of para-hydroxylation sites is 5. The highest BCUT2D eigenvalue weighted by atomic mass is 16.3. The second-order valence-electron chi connectivity index (χ2n) is 16.6. The summed E-state index contributed by atoms with van der Waals surface area (Å²) in [6.07, 6.45) is 0. The molecule has 4 heteroatoms. The van der Waals surface area contributed by atoms with Crippen LogP contribution in [-0.4, -0.2) is 0 Å². The third-order valence-corrected chi connectivity index (χ3v) is 12.5. The van der Waals surface area contributed by atoms with Crippen molar-refractivity contribution in [2.45, 2.75) is 0 Å². The Kier molecular flexibility index (Phi) is 9.81. The summed E-state index contributed by atoms with van der Waals surface area (Å²) < 4.78 is 6.37. The van der Waals surface area contributed by atoms with E-state index in [0.29, 0.717) is 0 Å². The SMILES string of the molecule is c1ccc(-c2cc(N(c3ccccc3)c3ccccc3)cc(N(c3cccc(N(c4ccccc4)c4ccccc4)c3)c3cccc4c3ccc3cc5oc6ccccc6c5cc34)c2)cc1. The molecule has 0 fully saturated rings.